The van der Waals surface area contributed by atoms with E-state index in [9.17, 15) is 0 Å². The molecule has 148 valence electrons. The van der Waals surface area contributed by atoms with E-state index in [2.05, 4.69) is 53.3 Å². The Kier molecular flexibility index (Phi) is 5.06. The molecule has 3 aliphatic rings. The minimum atomic E-state index is 0.163. The number of likely N-dealkylation sites (tertiary alicyclic amines) is 1. The minimum absolute atomic E-state index is 0.163. The van der Waals surface area contributed by atoms with Crippen LogP contribution in [0.15, 0.2) is 29.3 Å². The van der Waals surface area contributed by atoms with Crippen molar-refractivity contribution in [2.24, 2.45) is 16.3 Å². The summed E-state index contributed by atoms with van der Waals surface area (Å²) >= 11 is 0. The van der Waals surface area contributed by atoms with Crippen LogP contribution in [0.4, 0.5) is 0 Å². The number of nitrogens with zero attached hydrogens (tertiary/aromatic N) is 2. The summed E-state index contributed by atoms with van der Waals surface area (Å²) in [7, 11) is 3.62. The fourth-order valence-electron chi connectivity index (χ4n) is 5.35. The normalized spacial score (nSPS) is 32.6. The van der Waals surface area contributed by atoms with Gasteiger partial charge in [-0.1, -0.05) is 26.0 Å². The second-order valence-corrected chi connectivity index (χ2v) is 8.79. The van der Waals surface area contributed by atoms with E-state index in [-0.39, 0.29) is 5.41 Å². The van der Waals surface area contributed by atoms with Crippen LogP contribution in [0.3, 0.4) is 0 Å². The topological polar surface area (TPSA) is 46.1 Å². The number of aliphatic imine (C=N–C) groups is 1. The number of nitrogens with one attached hydrogen (secondary N) is 1. The van der Waals surface area contributed by atoms with Crippen molar-refractivity contribution < 1.29 is 9.47 Å². The molecule has 2 aliphatic heterocycles. The molecule has 1 N–H and O–H groups in total. The second kappa shape index (κ2) is 7.34. The quantitative estimate of drug-likeness (QED) is 0.654. The van der Waals surface area contributed by atoms with Crippen molar-refractivity contribution in [2.45, 2.75) is 51.2 Å². The molecule has 0 spiro atoms. The Hall–Kier alpha value is -1.75. The van der Waals surface area contributed by atoms with Crippen LogP contribution < -0.4 is 10.1 Å². The first-order valence-electron chi connectivity index (χ1n) is 10.3. The summed E-state index contributed by atoms with van der Waals surface area (Å²) in [5, 5.41) is 3.80. The van der Waals surface area contributed by atoms with E-state index in [1.165, 1.54) is 18.4 Å². The summed E-state index contributed by atoms with van der Waals surface area (Å²) in [5.41, 5.74) is 1.55. The van der Waals surface area contributed by atoms with Crippen LogP contribution in [-0.4, -0.2) is 56.9 Å². The van der Waals surface area contributed by atoms with Gasteiger partial charge < -0.3 is 19.7 Å². The average molecular weight is 372 g/mol. The highest BCUT2D eigenvalue weighted by molar-refractivity contribution is 5.81. The number of methoxy groups -OCH3 is 1. The Morgan fingerprint density at radius 3 is 2.74 bits per heavy atom. The Morgan fingerprint density at radius 1 is 1.26 bits per heavy atom. The van der Waals surface area contributed by atoms with Crippen LogP contribution in [0, 0.1) is 11.3 Å². The zero-order chi connectivity index (χ0) is 19.0. The van der Waals surface area contributed by atoms with E-state index >= 15 is 0 Å². The molecule has 0 aromatic heterocycles. The van der Waals surface area contributed by atoms with Gasteiger partial charge >= 0.3 is 0 Å². The number of fused-ring (bicyclic) bond motifs is 1. The number of ether oxygens (including phenoxy) is 2. The van der Waals surface area contributed by atoms with E-state index < -0.39 is 0 Å². The number of guanidine groups is 1. The highest BCUT2D eigenvalue weighted by atomic mass is 16.5. The Morgan fingerprint density at radius 2 is 2.04 bits per heavy atom. The van der Waals surface area contributed by atoms with Crippen molar-refractivity contribution in [3.05, 3.63) is 29.8 Å². The first-order valence-corrected chi connectivity index (χ1v) is 10.3. The van der Waals surface area contributed by atoms with Crippen molar-refractivity contribution in [1.29, 1.82) is 0 Å². The van der Waals surface area contributed by atoms with Gasteiger partial charge in [-0.2, -0.15) is 0 Å². The monoisotopic (exact) mass is 371 g/mol. The van der Waals surface area contributed by atoms with Gasteiger partial charge in [-0.15, -0.1) is 0 Å². The molecule has 2 heterocycles. The van der Waals surface area contributed by atoms with Crippen LogP contribution in [-0.2, 0) is 4.74 Å². The molecule has 4 unspecified atom stereocenters. The number of rotatable bonds is 3. The van der Waals surface area contributed by atoms with Gasteiger partial charge in [-0.25, -0.2) is 0 Å². The van der Waals surface area contributed by atoms with Gasteiger partial charge in [0.1, 0.15) is 5.75 Å². The van der Waals surface area contributed by atoms with Crippen molar-refractivity contribution in [3.63, 3.8) is 0 Å². The van der Waals surface area contributed by atoms with Crippen LogP contribution in [0.1, 0.15) is 44.6 Å². The molecule has 0 bridgehead atoms. The van der Waals surface area contributed by atoms with Gasteiger partial charge in [0.05, 0.1) is 13.2 Å². The predicted molar refractivity (Wildman–Crippen MR) is 108 cm³/mol. The molecular formula is C22H33N3O2. The number of benzene rings is 1. The molecule has 1 saturated carbocycles. The maximum Gasteiger partial charge on any atom is 0.193 e. The number of hydrogen-bond donors (Lipinski definition) is 1. The van der Waals surface area contributed by atoms with Crippen molar-refractivity contribution in [2.75, 3.05) is 33.9 Å². The third kappa shape index (κ3) is 3.31. The molecule has 1 aromatic rings. The SMILES string of the molecule is CN=C(NC1C2CCCOC2C1(C)C)N1CCC(c2ccc(OC)cc2)C1. The van der Waals surface area contributed by atoms with Gasteiger partial charge in [0.25, 0.3) is 0 Å². The zero-order valence-corrected chi connectivity index (χ0v) is 17.1. The fourth-order valence-corrected chi connectivity index (χ4v) is 5.35. The molecule has 0 radical (unpaired) electrons. The molecular weight excluding hydrogens is 338 g/mol. The molecule has 0 amide bonds. The largest absolute Gasteiger partial charge is 0.497 e. The Bertz CT molecular complexity index is 685. The summed E-state index contributed by atoms with van der Waals surface area (Å²) in [6.45, 7) is 7.64. The van der Waals surface area contributed by atoms with E-state index in [1.54, 1.807) is 7.11 Å². The van der Waals surface area contributed by atoms with Gasteiger partial charge in [0.2, 0.25) is 0 Å². The molecule has 5 nitrogen and oxygen atoms in total. The average Bonchev–Trinajstić information content (AvgIpc) is 3.18. The molecule has 2 saturated heterocycles. The molecule has 27 heavy (non-hydrogen) atoms. The first-order chi connectivity index (χ1) is 13.0. The van der Waals surface area contributed by atoms with Crippen molar-refractivity contribution in [1.82, 2.24) is 10.2 Å². The van der Waals surface area contributed by atoms with Crippen LogP contribution >= 0.6 is 0 Å². The molecule has 4 rings (SSSR count). The van der Waals surface area contributed by atoms with Gasteiger partial charge in [-0.05, 0) is 37.0 Å². The van der Waals surface area contributed by atoms with Gasteiger partial charge in [-0.3, -0.25) is 4.99 Å². The van der Waals surface area contributed by atoms with E-state index in [1.807, 2.05) is 7.05 Å². The molecule has 3 fully saturated rings. The van der Waals surface area contributed by atoms with Crippen LogP contribution in [0.2, 0.25) is 0 Å². The summed E-state index contributed by atoms with van der Waals surface area (Å²) < 4.78 is 11.3. The first kappa shape index (κ1) is 18.6. The van der Waals surface area contributed by atoms with Crippen molar-refractivity contribution >= 4 is 5.96 Å². The van der Waals surface area contributed by atoms with E-state index in [0.717, 1.165) is 37.8 Å². The second-order valence-electron chi connectivity index (χ2n) is 8.79. The fraction of sp³-hybridized carbons (Fsp3) is 0.682. The Labute approximate surface area is 163 Å². The lowest BCUT2D eigenvalue weighted by atomic mass is 9.55. The van der Waals surface area contributed by atoms with Crippen molar-refractivity contribution in [3.8, 4) is 5.75 Å². The number of hydrogen-bond acceptors (Lipinski definition) is 3. The summed E-state index contributed by atoms with van der Waals surface area (Å²) in [4.78, 5) is 7.04. The van der Waals surface area contributed by atoms with E-state index in [4.69, 9.17) is 9.47 Å². The third-order valence-electron chi connectivity index (χ3n) is 6.90. The summed E-state index contributed by atoms with van der Waals surface area (Å²) in [6, 6.07) is 8.96. The van der Waals surface area contributed by atoms with Gasteiger partial charge in [0.15, 0.2) is 5.96 Å². The highest BCUT2D eigenvalue weighted by Crippen LogP contribution is 2.51. The van der Waals surface area contributed by atoms with Crippen LogP contribution in [0.25, 0.3) is 0 Å². The zero-order valence-electron chi connectivity index (χ0n) is 17.1. The van der Waals surface area contributed by atoms with Gasteiger partial charge in [0, 0.05) is 50.0 Å². The maximum absolute atomic E-state index is 6.05. The van der Waals surface area contributed by atoms with E-state index in [0.29, 0.717) is 24.0 Å². The lowest BCUT2D eigenvalue weighted by Gasteiger charge is -2.60. The minimum Gasteiger partial charge on any atom is -0.497 e. The molecule has 1 aromatic carbocycles. The molecule has 4 atom stereocenters. The smallest absolute Gasteiger partial charge is 0.193 e. The lowest BCUT2D eigenvalue weighted by Crippen LogP contribution is -2.71. The summed E-state index contributed by atoms with van der Waals surface area (Å²) in [5.74, 6) is 3.13. The third-order valence-corrected chi connectivity index (χ3v) is 6.90. The standard InChI is InChI=1S/C22H33N3O2/c1-22(2)19(18-6-5-13-27-20(18)22)24-21(23-3)25-12-11-16(14-25)15-7-9-17(26-4)10-8-15/h7-10,16,18-20H,5-6,11-14H2,1-4H3,(H,23,24). The Balaban J connectivity index is 1.40. The molecule has 1 aliphatic carbocycles. The maximum atomic E-state index is 6.05. The summed E-state index contributed by atoms with van der Waals surface area (Å²) in [6.07, 6.45) is 4.00. The predicted octanol–water partition coefficient (Wildman–Crippen LogP) is 3.26. The highest BCUT2D eigenvalue weighted by Gasteiger charge is 2.58. The van der Waals surface area contributed by atoms with Crippen LogP contribution in [0.5, 0.6) is 5.75 Å². The molecule has 5 heteroatoms. The lowest BCUT2D eigenvalue weighted by molar-refractivity contribution is -0.188.